The highest BCUT2D eigenvalue weighted by Crippen LogP contribution is 2.52. The van der Waals surface area contributed by atoms with Gasteiger partial charge in [0.2, 0.25) is 11.8 Å². The van der Waals surface area contributed by atoms with Crippen molar-refractivity contribution in [2.45, 2.75) is 19.3 Å². The highest BCUT2D eigenvalue weighted by molar-refractivity contribution is 5.82. The highest BCUT2D eigenvalue weighted by atomic mass is 16.2. The van der Waals surface area contributed by atoms with Crippen molar-refractivity contribution in [1.82, 2.24) is 9.80 Å². The van der Waals surface area contributed by atoms with Crippen molar-refractivity contribution in [1.29, 1.82) is 0 Å². The first-order valence-corrected chi connectivity index (χ1v) is 6.34. The summed E-state index contributed by atoms with van der Waals surface area (Å²) in [6.07, 6.45) is 2.88. The van der Waals surface area contributed by atoms with E-state index in [1.54, 1.807) is 9.80 Å². The maximum absolute atomic E-state index is 12.0. The summed E-state index contributed by atoms with van der Waals surface area (Å²) in [5, 5.41) is 0. The molecular formula is C13H22N2O2. The minimum Gasteiger partial charge on any atom is -0.349 e. The van der Waals surface area contributed by atoms with Crippen LogP contribution in [-0.4, -0.2) is 49.8 Å². The topological polar surface area (TPSA) is 40.6 Å². The first kappa shape index (κ1) is 12.4. The molecule has 0 N–H and O–H groups in total. The van der Waals surface area contributed by atoms with Crippen LogP contribution >= 0.6 is 0 Å². The minimum absolute atomic E-state index is 0.168. The van der Waals surface area contributed by atoms with Crippen LogP contribution in [0.15, 0.2) is 0 Å². The highest BCUT2D eigenvalue weighted by Gasteiger charge is 2.51. The third kappa shape index (κ3) is 2.05. The van der Waals surface area contributed by atoms with Crippen molar-refractivity contribution in [2.75, 3.05) is 28.2 Å². The molecule has 2 amide bonds. The molecule has 0 heterocycles. The molecule has 0 aliphatic heterocycles. The molecule has 0 saturated heterocycles. The molecule has 0 unspecified atom stereocenters. The van der Waals surface area contributed by atoms with Crippen LogP contribution in [0.3, 0.4) is 0 Å². The van der Waals surface area contributed by atoms with E-state index in [1.807, 2.05) is 28.2 Å². The van der Waals surface area contributed by atoms with Crippen molar-refractivity contribution in [3.8, 4) is 0 Å². The summed E-state index contributed by atoms with van der Waals surface area (Å²) in [6.45, 7) is 0. The van der Waals surface area contributed by atoms with Crippen LogP contribution in [-0.2, 0) is 9.59 Å². The standard InChI is InChI=1S/C13H22N2O2/c1-14(2)12(16)10-6-9-5-8(10)7-11(9)13(17)15(3)4/h8-11H,5-7H2,1-4H3/t8-,9-,10-,11-/m1/s1. The van der Waals surface area contributed by atoms with Crippen LogP contribution in [0.25, 0.3) is 0 Å². The van der Waals surface area contributed by atoms with Gasteiger partial charge in [0, 0.05) is 40.0 Å². The Labute approximate surface area is 103 Å². The van der Waals surface area contributed by atoms with Crippen molar-refractivity contribution < 1.29 is 9.59 Å². The molecule has 4 heteroatoms. The van der Waals surface area contributed by atoms with E-state index < -0.39 is 0 Å². The van der Waals surface area contributed by atoms with E-state index in [-0.39, 0.29) is 23.7 Å². The Morgan fingerprint density at radius 3 is 1.35 bits per heavy atom. The van der Waals surface area contributed by atoms with Gasteiger partial charge in [0.05, 0.1) is 0 Å². The van der Waals surface area contributed by atoms with Crippen molar-refractivity contribution in [3.05, 3.63) is 0 Å². The summed E-state index contributed by atoms with van der Waals surface area (Å²) in [5.41, 5.74) is 0. The lowest BCUT2D eigenvalue weighted by atomic mass is 9.81. The molecule has 96 valence electrons. The number of amides is 2. The quantitative estimate of drug-likeness (QED) is 0.715. The maximum Gasteiger partial charge on any atom is 0.225 e. The van der Waals surface area contributed by atoms with Crippen LogP contribution in [0.5, 0.6) is 0 Å². The van der Waals surface area contributed by atoms with E-state index in [9.17, 15) is 9.59 Å². The Kier molecular flexibility index (Phi) is 3.15. The fourth-order valence-electron chi connectivity index (χ4n) is 3.54. The first-order valence-electron chi connectivity index (χ1n) is 6.34. The number of fused-ring (bicyclic) bond motifs is 2. The van der Waals surface area contributed by atoms with Crippen LogP contribution in [0.2, 0.25) is 0 Å². The van der Waals surface area contributed by atoms with Crippen LogP contribution in [0.1, 0.15) is 19.3 Å². The summed E-state index contributed by atoms with van der Waals surface area (Å²) in [7, 11) is 7.27. The Balaban J connectivity index is 2.01. The zero-order valence-electron chi connectivity index (χ0n) is 11.1. The van der Waals surface area contributed by atoms with Crippen molar-refractivity contribution in [3.63, 3.8) is 0 Å². The Hall–Kier alpha value is -1.06. The van der Waals surface area contributed by atoms with Gasteiger partial charge in [-0.3, -0.25) is 9.59 Å². The lowest BCUT2D eigenvalue weighted by molar-refractivity contribution is -0.139. The lowest BCUT2D eigenvalue weighted by Crippen LogP contribution is -2.38. The molecule has 2 bridgehead atoms. The third-order valence-corrected chi connectivity index (χ3v) is 4.37. The van der Waals surface area contributed by atoms with E-state index in [2.05, 4.69) is 0 Å². The van der Waals surface area contributed by atoms with Gasteiger partial charge in [-0.25, -0.2) is 0 Å². The number of rotatable bonds is 2. The minimum atomic E-state index is 0.168. The molecule has 0 spiro atoms. The lowest BCUT2D eigenvalue weighted by Gasteiger charge is -2.29. The Morgan fingerprint density at radius 1 is 0.765 bits per heavy atom. The van der Waals surface area contributed by atoms with Gasteiger partial charge in [-0.05, 0) is 31.1 Å². The van der Waals surface area contributed by atoms with Gasteiger partial charge in [0.1, 0.15) is 0 Å². The predicted molar refractivity (Wildman–Crippen MR) is 65.2 cm³/mol. The normalized spacial score (nSPS) is 34.8. The van der Waals surface area contributed by atoms with Gasteiger partial charge in [-0.1, -0.05) is 0 Å². The first-order chi connectivity index (χ1) is 7.91. The molecule has 2 fully saturated rings. The predicted octanol–water partition coefficient (Wildman–Crippen LogP) is 0.825. The molecule has 2 aliphatic carbocycles. The van der Waals surface area contributed by atoms with E-state index in [1.165, 1.54) is 0 Å². The van der Waals surface area contributed by atoms with E-state index in [0.717, 1.165) is 19.3 Å². The summed E-state index contributed by atoms with van der Waals surface area (Å²) in [5.74, 6) is 1.69. The molecule has 4 atom stereocenters. The second-order valence-electron chi connectivity index (χ2n) is 5.91. The zero-order valence-corrected chi connectivity index (χ0v) is 11.1. The average molecular weight is 238 g/mol. The fourth-order valence-corrected chi connectivity index (χ4v) is 3.54. The van der Waals surface area contributed by atoms with Crippen LogP contribution in [0.4, 0.5) is 0 Å². The fraction of sp³-hybridized carbons (Fsp3) is 0.846. The number of carbonyl (C=O) groups is 2. The third-order valence-electron chi connectivity index (χ3n) is 4.37. The summed E-state index contributed by atoms with van der Waals surface area (Å²) in [4.78, 5) is 27.3. The van der Waals surface area contributed by atoms with Gasteiger partial charge >= 0.3 is 0 Å². The number of nitrogens with zero attached hydrogens (tertiary/aromatic N) is 2. The summed E-state index contributed by atoms with van der Waals surface area (Å²) >= 11 is 0. The van der Waals surface area contributed by atoms with Gasteiger partial charge in [-0.2, -0.15) is 0 Å². The van der Waals surface area contributed by atoms with Gasteiger partial charge < -0.3 is 9.80 Å². The molecule has 2 saturated carbocycles. The largest absolute Gasteiger partial charge is 0.349 e. The Morgan fingerprint density at radius 2 is 1.12 bits per heavy atom. The molecule has 17 heavy (non-hydrogen) atoms. The number of hydrogen-bond donors (Lipinski definition) is 0. The molecule has 4 nitrogen and oxygen atoms in total. The second-order valence-corrected chi connectivity index (χ2v) is 5.91. The monoisotopic (exact) mass is 238 g/mol. The molecule has 2 aliphatic rings. The number of hydrogen-bond acceptors (Lipinski definition) is 2. The van der Waals surface area contributed by atoms with Crippen LogP contribution in [0, 0.1) is 23.7 Å². The SMILES string of the molecule is CN(C)C(=O)[C@@H]1C[C@H]2C[C@@H]1C[C@H]2C(=O)N(C)C. The van der Waals surface area contributed by atoms with Crippen molar-refractivity contribution in [2.24, 2.45) is 23.7 Å². The smallest absolute Gasteiger partial charge is 0.225 e. The summed E-state index contributed by atoms with van der Waals surface area (Å²) in [6, 6.07) is 0. The zero-order chi connectivity index (χ0) is 12.7. The van der Waals surface area contributed by atoms with E-state index >= 15 is 0 Å². The summed E-state index contributed by atoms with van der Waals surface area (Å²) < 4.78 is 0. The van der Waals surface area contributed by atoms with Gasteiger partial charge in [0.25, 0.3) is 0 Å². The molecule has 0 aromatic carbocycles. The second kappa shape index (κ2) is 4.31. The number of carbonyl (C=O) groups excluding carboxylic acids is 2. The van der Waals surface area contributed by atoms with E-state index in [0.29, 0.717) is 11.8 Å². The average Bonchev–Trinajstić information content (AvgIpc) is 2.85. The Bertz CT molecular complexity index is 306. The molecule has 0 aromatic rings. The van der Waals surface area contributed by atoms with Crippen LogP contribution < -0.4 is 0 Å². The van der Waals surface area contributed by atoms with Gasteiger partial charge in [0.15, 0.2) is 0 Å². The molecule has 0 aromatic heterocycles. The maximum atomic E-state index is 12.0. The van der Waals surface area contributed by atoms with E-state index in [4.69, 9.17) is 0 Å². The molecule has 0 radical (unpaired) electrons. The molecule has 2 rings (SSSR count). The van der Waals surface area contributed by atoms with Crippen molar-refractivity contribution >= 4 is 11.8 Å². The molecular weight excluding hydrogens is 216 g/mol. The van der Waals surface area contributed by atoms with Gasteiger partial charge in [-0.15, -0.1) is 0 Å².